The van der Waals surface area contributed by atoms with Gasteiger partial charge in [0, 0.05) is 18.8 Å². The van der Waals surface area contributed by atoms with E-state index in [0.717, 1.165) is 23.1 Å². The Morgan fingerprint density at radius 3 is 2.85 bits per heavy atom. The molecule has 7 nitrogen and oxygen atoms in total. The molecule has 2 aromatic rings. The fourth-order valence-corrected chi connectivity index (χ4v) is 4.06. The molecule has 8 heteroatoms. The first kappa shape index (κ1) is 18.6. The summed E-state index contributed by atoms with van der Waals surface area (Å²) >= 11 is 1.37. The molecule has 0 aliphatic heterocycles. The van der Waals surface area contributed by atoms with Crippen molar-refractivity contribution in [3.63, 3.8) is 0 Å². The maximum atomic E-state index is 12.2. The zero-order chi connectivity index (χ0) is 18.5. The number of fused-ring (bicyclic) bond motifs is 1. The molecule has 1 fully saturated rings. The maximum Gasteiger partial charge on any atom is 0.245 e. The van der Waals surface area contributed by atoms with Crippen molar-refractivity contribution in [2.24, 2.45) is 0 Å². The lowest BCUT2D eigenvalue weighted by Crippen LogP contribution is -2.43. The first-order chi connectivity index (χ1) is 12.5. The Morgan fingerprint density at radius 2 is 2.08 bits per heavy atom. The van der Waals surface area contributed by atoms with Crippen molar-refractivity contribution in [2.75, 3.05) is 31.2 Å². The molecule has 0 radical (unpaired) electrons. The van der Waals surface area contributed by atoms with E-state index in [1.165, 1.54) is 35.5 Å². The average molecular weight is 375 g/mol. The summed E-state index contributed by atoms with van der Waals surface area (Å²) in [6, 6.07) is 5.85. The minimum Gasteiger partial charge on any atom is -0.399 e. The molecule has 1 aromatic heterocycles. The van der Waals surface area contributed by atoms with Gasteiger partial charge in [0.1, 0.15) is 0 Å². The molecule has 26 heavy (non-hydrogen) atoms. The molecular weight excluding hydrogens is 350 g/mol. The standard InChI is InChI=1S/C18H25N5O2S/c1-23(17(25)10-20-13-5-3-2-4-6-13)11-16(24)22-18-21-14-8-7-12(19)9-15(14)26-18/h7-9,13,20H,2-6,10-11,19H2,1H3,(H,21,22,24). The van der Waals surface area contributed by atoms with Gasteiger partial charge in [0.05, 0.1) is 23.3 Å². The number of hydrogen-bond acceptors (Lipinski definition) is 6. The van der Waals surface area contributed by atoms with Crippen LogP contribution in [0.4, 0.5) is 10.8 Å². The predicted molar refractivity (Wildman–Crippen MR) is 105 cm³/mol. The summed E-state index contributed by atoms with van der Waals surface area (Å²) in [6.45, 7) is 0.276. The Hall–Kier alpha value is -2.19. The number of likely N-dealkylation sites (N-methyl/N-ethyl adjacent to an activating group) is 1. The molecule has 1 aliphatic carbocycles. The SMILES string of the molecule is CN(CC(=O)Nc1nc2ccc(N)cc2s1)C(=O)CNC1CCCCC1. The van der Waals surface area contributed by atoms with Crippen LogP contribution in [0.25, 0.3) is 10.2 Å². The monoisotopic (exact) mass is 375 g/mol. The van der Waals surface area contributed by atoms with Gasteiger partial charge in [-0.05, 0) is 31.0 Å². The van der Waals surface area contributed by atoms with E-state index in [1.54, 1.807) is 13.1 Å². The third-order valence-electron chi connectivity index (χ3n) is 4.61. The van der Waals surface area contributed by atoms with Gasteiger partial charge in [-0.15, -0.1) is 0 Å². The number of nitrogens with zero attached hydrogens (tertiary/aromatic N) is 2. The first-order valence-electron chi connectivity index (χ1n) is 8.94. The lowest BCUT2D eigenvalue weighted by Gasteiger charge is -2.24. The number of carbonyl (C=O) groups is 2. The molecule has 140 valence electrons. The van der Waals surface area contributed by atoms with Crippen molar-refractivity contribution >= 4 is 44.2 Å². The van der Waals surface area contributed by atoms with Crippen LogP contribution in [0, 0.1) is 0 Å². The number of nitrogen functional groups attached to an aromatic ring is 1. The van der Waals surface area contributed by atoms with Crippen molar-refractivity contribution in [2.45, 2.75) is 38.1 Å². The third-order valence-corrected chi connectivity index (χ3v) is 5.55. The molecule has 1 aliphatic rings. The highest BCUT2D eigenvalue weighted by atomic mass is 32.1. The minimum absolute atomic E-state index is 0.00322. The average Bonchev–Trinajstić information content (AvgIpc) is 3.01. The summed E-state index contributed by atoms with van der Waals surface area (Å²) in [5.41, 5.74) is 7.21. The second-order valence-corrected chi connectivity index (χ2v) is 7.79. The number of nitrogens with two attached hydrogens (primary N) is 1. The summed E-state index contributed by atoms with van der Waals surface area (Å²) < 4.78 is 0.918. The van der Waals surface area contributed by atoms with Crippen LogP contribution in [0.1, 0.15) is 32.1 Å². The zero-order valence-electron chi connectivity index (χ0n) is 15.0. The number of aromatic nitrogens is 1. The Morgan fingerprint density at radius 1 is 1.31 bits per heavy atom. The van der Waals surface area contributed by atoms with E-state index in [9.17, 15) is 9.59 Å². The minimum atomic E-state index is -0.259. The van der Waals surface area contributed by atoms with Crippen LogP contribution >= 0.6 is 11.3 Å². The summed E-state index contributed by atoms with van der Waals surface area (Å²) in [4.78, 5) is 30.2. The molecule has 1 aromatic carbocycles. The summed E-state index contributed by atoms with van der Waals surface area (Å²) in [5, 5.41) is 6.57. The summed E-state index contributed by atoms with van der Waals surface area (Å²) in [6.07, 6.45) is 5.97. The highest BCUT2D eigenvalue weighted by Crippen LogP contribution is 2.27. The third kappa shape index (κ3) is 4.92. The van der Waals surface area contributed by atoms with E-state index in [-0.39, 0.29) is 24.9 Å². The van der Waals surface area contributed by atoms with Gasteiger partial charge in [-0.3, -0.25) is 9.59 Å². The van der Waals surface area contributed by atoms with E-state index in [2.05, 4.69) is 15.6 Å². The molecule has 4 N–H and O–H groups in total. The fourth-order valence-electron chi connectivity index (χ4n) is 3.13. The van der Waals surface area contributed by atoms with Crippen LogP contribution in [-0.2, 0) is 9.59 Å². The lowest BCUT2D eigenvalue weighted by atomic mass is 9.95. The largest absolute Gasteiger partial charge is 0.399 e. The molecule has 1 saturated carbocycles. The van der Waals surface area contributed by atoms with Gasteiger partial charge in [0.2, 0.25) is 11.8 Å². The predicted octanol–water partition coefficient (Wildman–Crippen LogP) is 2.20. The van der Waals surface area contributed by atoms with Crippen molar-refractivity contribution in [1.29, 1.82) is 0 Å². The van der Waals surface area contributed by atoms with Gasteiger partial charge in [-0.1, -0.05) is 30.6 Å². The quantitative estimate of drug-likeness (QED) is 0.672. The van der Waals surface area contributed by atoms with Crippen molar-refractivity contribution in [3.05, 3.63) is 18.2 Å². The molecule has 2 amide bonds. The number of hydrogen-bond donors (Lipinski definition) is 3. The van der Waals surface area contributed by atoms with Gasteiger partial charge >= 0.3 is 0 Å². The smallest absolute Gasteiger partial charge is 0.245 e. The number of benzene rings is 1. The van der Waals surface area contributed by atoms with Gasteiger partial charge in [-0.2, -0.15) is 0 Å². The molecule has 0 saturated heterocycles. The van der Waals surface area contributed by atoms with Crippen LogP contribution in [0.2, 0.25) is 0 Å². The lowest BCUT2D eigenvalue weighted by molar-refractivity contribution is -0.132. The molecule has 0 spiro atoms. The van der Waals surface area contributed by atoms with Gasteiger partial charge < -0.3 is 21.3 Å². The molecule has 3 rings (SSSR count). The van der Waals surface area contributed by atoms with Crippen molar-refractivity contribution in [1.82, 2.24) is 15.2 Å². The fraction of sp³-hybridized carbons (Fsp3) is 0.500. The number of thiazole rings is 1. The number of nitrogens with one attached hydrogen (secondary N) is 2. The Kier molecular flexibility index (Phi) is 6.05. The van der Waals surface area contributed by atoms with Crippen LogP contribution in [0.5, 0.6) is 0 Å². The van der Waals surface area contributed by atoms with E-state index in [1.807, 2.05) is 12.1 Å². The zero-order valence-corrected chi connectivity index (χ0v) is 15.8. The van der Waals surface area contributed by atoms with E-state index < -0.39 is 0 Å². The van der Waals surface area contributed by atoms with Crippen LogP contribution in [0.15, 0.2) is 18.2 Å². The van der Waals surface area contributed by atoms with Crippen molar-refractivity contribution in [3.8, 4) is 0 Å². The second-order valence-electron chi connectivity index (χ2n) is 6.76. The number of anilines is 2. The second kappa shape index (κ2) is 8.46. The highest BCUT2D eigenvalue weighted by Gasteiger charge is 2.17. The Bertz CT molecular complexity index is 785. The van der Waals surface area contributed by atoms with Gasteiger partial charge in [0.25, 0.3) is 0 Å². The van der Waals surface area contributed by atoms with Crippen LogP contribution < -0.4 is 16.4 Å². The van der Waals surface area contributed by atoms with Crippen LogP contribution in [0.3, 0.4) is 0 Å². The normalized spacial score (nSPS) is 15.1. The topological polar surface area (TPSA) is 100 Å². The number of rotatable bonds is 6. The Labute approximate surface area is 157 Å². The molecular formula is C18H25N5O2S. The number of carbonyl (C=O) groups excluding carboxylic acids is 2. The Balaban J connectivity index is 1.47. The highest BCUT2D eigenvalue weighted by molar-refractivity contribution is 7.22. The van der Waals surface area contributed by atoms with Gasteiger partial charge in [-0.25, -0.2) is 4.98 Å². The molecule has 1 heterocycles. The summed E-state index contributed by atoms with van der Waals surface area (Å²) in [5.74, 6) is -0.339. The molecule has 0 atom stereocenters. The molecule has 0 unspecified atom stereocenters. The van der Waals surface area contributed by atoms with E-state index in [0.29, 0.717) is 16.9 Å². The summed E-state index contributed by atoms with van der Waals surface area (Å²) in [7, 11) is 1.64. The van der Waals surface area contributed by atoms with E-state index >= 15 is 0 Å². The number of amides is 2. The van der Waals surface area contributed by atoms with E-state index in [4.69, 9.17) is 5.73 Å². The molecule has 0 bridgehead atoms. The maximum absolute atomic E-state index is 12.2. The first-order valence-corrected chi connectivity index (χ1v) is 9.76. The van der Waals surface area contributed by atoms with Crippen molar-refractivity contribution < 1.29 is 9.59 Å². The van der Waals surface area contributed by atoms with Gasteiger partial charge in [0.15, 0.2) is 5.13 Å². The van der Waals surface area contributed by atoms with Crippen LogP contribution in [-0.4, -0.2) is 47.9 Å².